The molecule has 0 radical (unpaired) electrons. The van der Waals surface area contributed by atoms with E-state index in [1.807, 2.05) is 12.1 Å². The van der Waals surface area contributed by atoms with E-state index >= 15 is 0 Å². The van der Waals surface area contributed by atoms with E-state index in [1.54, 1.807) is 0 Å². The van der Waals surface area contributed by atoms with Gasteiger partial charge in [0.1, 0.15) is 0 Å². The Balaban J connectivity index is 1.31. The monoisotopic (exact) mass is 616 g/mol. The molecule has 0 fully saturated rings. The zero-order chi connectivity index (χ0) is 30.9. The van der Waals surface area contributed by atoms with Crippen LogP contribution in [0.1, 0.15) is 41.2 Å². The van der Waals surface area contributed by atoms with Crippen molar-refractivity contribution in [1.29, 1.82) is 0 Å². The van der Waals surface area contributed by atoms with Crippen LogP contribution in [-0.4, -0.2) is 0 Å². The van der Waals surface area contributed by atoms with Gasteiger partial charge >= 0.3 is 0 Å². The van der Waals surface area contributed by atoms with Gasteiger partial charge < -0.3 is 0 Å². The first-order valence-electron chi connectivity index (χ1n) is 15.5. The standard InChI is InChI=1S/C43H37PS/c1-34-12-14-37(15-13-34)20-21-40-26-32-43(33-27-40)44(45,41-28-22-38(23-29-41)18-16-35-8-4-2-5-9-35)42-30-24-39(25-31-42)19-17-36-10-6-3-7-11-36/h2-12,14-34H,13H2,1H3/b18-16+,19-17+,21-20+. The molecular formula is C43H37PS. The number of hydrogen-bond acceptors (Lipinski definition) is 1. The lowest BCUT2D eigenvalue weighted by atomic mass is 9.98. The lowest BCUT2D eigenvalue weighted by molar-refractivity contribution is 0.733. The highest BCUT2D eigenvalue weighted by Crippen LogP contribution is 2.43. The molecule has 0 saturated carbocycles. The Morgan fingerprint density at radius 2 is 0.844 bits per heavy atom. The molecule has 45 heavy (non-hydrogen) atoms. The molecule has 0 nitrogen and oxygen atoms in total. The quantitative estimate of drug-likeness (QED) is 0.117. The van der Waals surface area contributed by atoms with E-state index in [-0.39, 0.29) is 0 Å². The third-order valence-electron chi connectivity index (χ3n) is 8.12. The summed E-state index contributed by atoms with van der Waals surface area (Å²) >= 11 is 6.73. The van der Waals surface area contributed by atoms with Crippen LogP contribution < -0.4 is 15.9 Å². The Morgan fingerprint density at radius 3 is 1.20 bits per heavy atom. The van der Waals surface area contributed by atoms with Gasteiger partial charge in [0.25, 0.3) is 0 Å². The minimum absolute atomic E-state index is 0.619. The van der Waals surface area contributed by atoms with E-state index < -0.39 is 6.04 Å². The first-order valence-corrected chi connectivity index (χ1v) is 18.3. The maximum atomic E-state index is 6.73. The average molecular weight is 617 g/mol. The summed E-state index contributed by atoms with van der Waals surface area (Å²) in [4.78, 5) is 0. The highest BCUT2D eigenvalue weighted by atomic mass is 32.4. The van der Waals surface area contributed by atoms with Gasteiger partial charge in [-0.3, -0.25) is 0 Å². The highest BCUT2D eigenvalue weighted by molar-refractivity contribution is 8.25. The molecule has 0 aromatic heterocycles. The Bertz CT molecular complexity index is 1810. The fourth-order valence-corrected chi connectivity index (χ4v) is 9.10. The molecule has 0 saturated heterocycles. The van der Waals surface area contributed by atoms with Crippen LogP contribution in [-0.2, 0) is 11.8 Å². The maximum Gasteiger partial charge on any atom is 0.0379 e. The van der Waals surface area contributed by atoms with Crippen LogP contribution in [0.3, 0.4) is 0 Å². The first kappa shape index (κ1) is 30.5. The zero-order valence-corrected chi connectivity index (χ0v) is 27.2. The second kappa shape index (κ2) is 14.5. The van der Waals surface area contributed by atoms with Gasteiger partial charge in [0, 0.05) is 6.04 Å². The van der Waals surface area contributed by atoms with Crippen LogP contribution in [0.25, 0.3) is 30.4 Å². The van der Waals surface area contributed by atoms with E-state index in [0.717, 1.165) is 17.5 Å². The number of allylic oxidation sites excluding steroid dienone is 5. The Labute approximate surface area is 273 Å². The molecule has 0 spiro atoms. The third-order valence-corrected chi connectivity index (χ3v) is 13.1. The van der Waals surface area contributed by atoms with Crippen molar-refractivity contribution >= 4 is 64.1 Å². The summed E-state index contributed by atoms with van der Waals surface area (Å²) in [5.41, 5.74) is 7.14. The molecule has 0 aliphatic heterocycles. The van der Waals surface area contributed by atoms with Gasteiger partial charge in [0.15, 0.2) is 0 Å². The van der Waals surface area contributed by atoms with Crippen molar-refractivity contribution in [1.82, 2.24) is 0 Å². The van der Waals surface area contributed by atoms with Crippen molar-refractivity contribution in [3.8, 4) is 0 Å². The van der Waals surface area contributed by atoms with Crippen LogP contribution in [0.15, 0.2) is 163 Å². The van der Waals surface area contributed by atoms with Crippen LogP contribution in [0, 0.1) is 5.92 Å². The van der Waals surface area contributed by atoms with Crippen molar-refractivity contribution in [2.45, 2.75) is 13.3 Å². The summed E-state index contributed by atoms with van der Waals surface area (Å²) in [6, 6.07) is 45.1. The van der Waals surface area contributed by atoms with Crippen LogP contribution in [0.4, 0.5) is 0 Å². The van der Waals surface area contributed by atoms with Crippen LogP contribution >= 0.6 is 6.04 Å². The molecule has 2 heteroatoms. The lowest BCUT2D eigenvalue weighted by Crippen LogP contribution is -2.24. The Kier molecular flexibility index (Phi) is 9.81. The van der Waals surface area contributed by atoms with Gasteiger partial charge in [-0.25, -0.2) is 0 Å². The second-order valence-corrected chi connectivity index (χ2v) is 15.9. The first-order chi connectivity index (χ1) is 22.1. The molecule has 0 N–H and O–H groups in total. The van der Waals surface area contributed by atoms with E-state index in [4.69, 9.17) is 11.8 Å². The molecule has 1 atom stereocenters. The normalized spacial score (nSPS) is 15.2. The fourth-order valence-electron chi connectivity index (χ4n) is 5.41. The van der Waals surface area contributed by atoms with E-state index in [0.29, 0.717) is 5.92 Å². The molecular weight excluding hydrogens is 580 g/mol. The van der Waals surface area contributed by atoms with Crippen molar-refractivity contribution in [3.05, 3.63) is 191 Å². The van der Waals surface area contributed by atoms with Gasteiger partial charge in [-0.05, 0) is 61.6 Å². The summed E-state index contributed by atoms with van der Waals surface area (Å²) in [7, 11) is 0. The smallest absolute Gasteiger partial charge is 0.0379 e. The summed E-state index contributed by atoms with van der Waals surface area (Å²) in [6.07, 6.45) is 20.9. The van der Waals surface area contributed by atoms with E-state index in [1.165, 1.54) is 38.2 Å². The van der Waals surface area contributed by atoms with Crippen molar-refractivity contribution < 1.29 is 0 Å². The number of rotatable bonds is 9. The van der Waals surface area contributed by atoms with Gasteiger partial charge in [-0.15, -0.1) is 0 Å². The van der Waals surface area contributed by atoms with E-state index in [9.17, 15) is 0 Å². The van der Waals surface area contributed by atoms with Crippen molar-refractivity contribution in [3.63, 3.8) is 0 Å². The molecule has 220 valence electrons. The molecule has 0 amide bonds. The molecule has 6 rings (SSSR count). The predicted molar refractivity (Wildman–Crippen MR) is 203 cm³/mol. The van der Waals surface area contributed by atoms with Gasteiger partial charge in [0.2, 0.25) is 0 Å². The Morgan fingerprint density at radius 1 is 0.489 bits per heavy atom. The largest absolute Gasteiger partial charge is 0.0826 e. The molecule has 0 bridgehead atoms. The SMILES string of the molecule is CC1C=CC(/C=C/c2ccc(P(=S)(c3ccc(/C=C/c4ccccc4)cc3)c3ccc(/C=C/c4ccccc4)cc3)cc2)=CC1. The lowest BCUT2D eigenvalue weighted by Gasteiger charge is -2.24. The van der Waals surface area contributed by atoms with E-state index in [2.05, 4.69) is 183 Å². The number of hydrogen-bond donors (Lipinski definition) is 0. The molecule has 5 aromatic rings. The van der Waals surface area contributed by atoms with Crippen molar-refractivity contribution in [2.24, 2.45) is 5.92 Å². The van der Waals surface area contributed by atoms with Gasteiger partial charge in [0.05, 0.1) is 0 Å². The molecule has 1 aliphatic rings. The van der Waals surface area contributed by atoms with Gasteiger partial charge in [-0.2, -0.15) is 0 Å². The third kappa shape index (κ3) is 7.76. The molecule has 1 aliphatic carbocycles. The predicted octanol–water partition coefficient (Wildman–Crippen LogP) is 10.3. The zero-order valence-electron chi connectivity index (χ0n) is 25.5. The topological polar surface area (TPSA) is 0 Å². The van der Waals surface area contributed by atoms with Gasteiger partial charge in [-0.1, -0.05) is 207 Å². The summed E-state index contributed by atoms with van der Waals surface area (Å²) in [6.45, 7) is 2.25. The number of benzene rings is 5. The maximum absolute atomic E-state index is 6.73. The second-order valence-electron chi connectivity index (χ2n) is 11.5. The van der Waals surface area contributed by atoms with Crippen LogP contribution in [0.2, 0.25) is 0 Å². The summed E-state index contributed by atoms with van der Waals surface area (Å²) in [5.74, 6) is 0.619. The summed E-state index contributed by atoms with van der Waals surface area (Å²) in [5, 5.41) is 3.58. The molecule has 1 unspecified atom stereocenters. The minimum Gasteiger partial charge on any atom is -0.0826 e. The molecule has 5 aromatic carbocycles. The summed E-state index contributed by atoms with van der Waals surface area (Å²) < 4.78 is 0. The Hall–Kier alpha value is -4.55. The molecule has 0 heterocycles. The fraction of sp³-hybridized carbons (Fsp3) is 0.0698. The van der Waals surface area contributed by atoms with Crippen molar-refractivity contribution in [2.75, 3.05) is 0 Å². The average Bonchev–Trinajstić information content (AvgIpc) is 3.11. The minimum atomic E-state index is -2.30. The van der Waals surface area contributed by atoms with Crippen LogP contribution in [0.5, 0.6) is 0 Å². The highest BCUT2D eigenvalue weighted by Gasteiger charge is 2.24.